The van der Waals surface area contributed by atoms with Crippen molar-refractivity contribution >= 4 is 0 Å². The first kappa shape index (κ1) is 20.5. The minimum Gasteiger partial charge on any atom is -0.489 e. The Morgan fingerprint density at radius 3 is 2.70 bits per heavy atom. The highest BCUT2D eigenvalue weighted by Crippen LogP contribution is 2.66. The lowest BCUT2D eigenvalue weighted by atomic mass is 9.47. The van der Waals surface area contributed by atoms with Gasteiger partial charge >= 0.3 is 0 Å². The van der Waals surface area contributed by atoms with E-state index < -0.39 is 0 Å². The zero-order valence-electron chi connectivity index (χ0n) is 19.2. The summed E-state index contributed by atoms with van der Waals surface area (Å²) >= 11 is 0. The molecule has 164 valence electrons. The molecule has 8 atom stereocenters. The van der Waals surface area contributed by atoms with Crippen molar-refractivity contribution in [2.45, 2.75) is 91.3 Å². The first-order valence-corrected chi connectivity index (χ1v) is 12.3. The van der Waals surface area contributed by atoms with Crippen molar-refractivity contribution < 1.29 is 9.84 Å². The average molecular weight is 410 g/mol. The van der Waals surface area contributed by atoms with Crippen LogP contribution in [-0.4, -0.2) is 22.3 Å². The molecule has 0 bridgehead atoms. The van der Waals surface area contributed by atoms with Gasteiger partial charge in [0.2, 0.25) is 0 Å². The van der Waals surface area contributed by atoms with Crippen molar-refractivity contribution in [1.82, 2.24) is 4.98 Å². The summed E-state index contributed by atoms with van der Waals surface area (Å²) in [7, 11) is 0. The van der Waals surface area contributed by atoms with Gasteiger partial charge in [0.05, 0.1) is 18.4 Å². The van der Waals surface area contributed by atoms with E-state index in [1.54, 1.807) is 5.57 Å². The number of aliphatic hydroxyl groups is 1. The number of hydrogen-bond acceptors (Lipinski definition) is 3. The Labute approximate surface area is 182 Å². The smallest absolute Gasteiger partial charge is 0.138 e. The number of aromatic nitrogens is 1. The van der Waals surface area contributed by atoms with Crippen LogP contribution in [0.15, 0.2) is 30.0 Å². The van der Waals surface area contributed by atoms with Crippen LogP contribution in [0.5, 0.6) is 5.75 Å². The monoisotopic (exact) mass is 409 g/mol. The SMILES string of the molecule is Cc1ccc(O[C@@H](C)[C@H]2CC[C@H]3[C@@H]4CC=C5C[C@@H](O)CC[C@]5(C)[C@H]4CC[C@]23C)cn1. The third-order valence-corrected chi connectivity index (χ3v) is 9.92. The molecule has 0 amide bonds. The van der Waals surface area contributed by atoms with Crippen LogP contribution in [0.1, 0.15) is 77.8 Å². The minimum absolute atomic E-state index is 0.111. The summed E-state index contributed by atoms with van der Waals surface area (Å²) < 4.78 is 6.42. The number of fused-ring (bicyclic) bond motifs is 5. The molecule has 0 unspecified atom stereocenters. The summed E-state index contributed by atoms with van der Waals surface area (Å²) in [6.07, 6.45) is 14.2. The van der Waals surface area contributed by atoms with Gasteiger partial charge in [-0.2, -0.15) is 0 Å². The molecule has 1 N–H and O–H groups in total. The summed E-state index contributed by atoms with van der Waals surface area (Å²) in [6, 6.07) is 4.11. The summed E-state index contributed by atoms with van der Waals surface area (Å²) in [5.74, 6) is 3.96. The van der Waals surface area contributed by atoms with E-state index in [0.717, 1.165) is 42.0 Å². The number of hydrogen-bond donors (Lipinski definition) is 1. The molecular weight excluding hydrogens is 370 g/mol. The minimum atomic E-state index is -0.111. The molecule has 1 aromatic rings. The second-order valence-corrected chi connectivity index (χ2v) is 11.3. The summed E-state index contributed by atoms with van der Waals surface area (Å²) in [4.78, 5) is 4.41. The van der Waals surface area contributed by atoms with Crippen LogP contribution in [0.2, 0.25) is 0 Å². The highest BCUT2D eigenvalue weighted by Gasteiger charge is 2.59. The summed E-state index contributed by atoms with van der Waals surface area (Å²) in [5.41, 5.74) is 3.32. The Bertz CT molecular complexity index is 817. The van der Waals surface area contributed by atoms with Gasteiger partial charge in [-0.3, -0.25) is 4.98 Å². The molecule has 3 nitrogen and oxygen atoms in total. The van der Waals surface area contributed by atoms with Crippen molar-refractivity contribution in [2.75, 3.05) is 0 Å². The molecule has 1 aromatic heterocycles. The molecule has 5 rings (SSSR count). The van der Waals surface area contributed by atoms with Crippen LogP contribution in [-0.2, 0) is 0 Å². The van der Waals surface area contributed by atoms with Crippen molar-refractivity contribution in [3.63, 3.8) is 0 Å². The maximum absolute atomic E-state index is 10.2. The molecule has 3 fully saturated rings. The van der Waals surface area contributed by atoms with E-state index in [1.165, 1.54) is 38.5 Å². The quantitative estimate of drug-likeness (QED) is 0.614. The van der Waals surface area contributed by atoms with Crippen molar-refractivity contribution in [1.29, 1.82) is 0 Å². The van der Waals surface area contributed by atoms with Gasteiger partial charge in [-0.25, -0.2) is 0 Å². The van der Waals surface area contributed by atoms with Gasteiger partial charge in [0.25, 0.3) is 0 Å². The highest BCUT2D eigenvalue weighted by atomic mass is 16.5. The zero-order valence-corrected chi connectivity index (χ0v) is 19.2. The van der Waals surface area contributed by atoms with Gasteiger partial charge in [0.15, 0.2) is 0 Å². The summed E-state index contributed by atoms with van der Waals surface area (Å²) in [5, 5.41) is 10.2. The third kappa shape index (κ3) is 3.15. The molecular formula is C27H39NO2. The fourth-order valence-electron chi connectivity index (χ4n) is 8.27. The van der Waals surface area contributed by atoms with Gasteiger partial charge in [-0.05, 0) is 106 Å². The number of ether oxygens (including phenoxy) is 1. The molecule has 3 heteroatoms. The lowest BCUT2D eigenvalue weighted by Gasteiger charge is -2.58. The molecule has 30 heavy (non-hydrogen) atoms. The van der Waals surface area contributed by atoms with Crippen molar-refractivity contribution in [3.05, 3.63) is 35.7 Å². The van der Waals surface area contributed by atoms with E-state index in [1.807, 2.05) is 19.2 Å². The van der Waals surface area contributed by atoms with E-state index in [9.17, 15) is 5.11 Å². The molecule has 3 saturated carbocycles. The van der Waals surface area contributed by atoms with E-state index >= 15 is 0 Å². The molecule has 0 saturated heterocycles. The molecule has 0 aliphatic heterocycles. The Morgan fingerprint density at radius 1 is 1.10 bits per heavy atom. The van der Waals surface area contributed by atoms with Gasteiger partial charge in [0.1, 0.15) is 5.75 Å². The maximum Gasteiger partial charge on any atom is 0.138 e. The zero-order chi connectivity index (χ0) is 21.1. The van der Waals surface area contributed by atoms with Crippen LogP contribution in [0.4, 0.5) is 0 Å². The maximum atomic E-state index is 10.2. The Hall–Kier alpha value is -1.35. The number of rotatable bonds is 3. The number of pyridine rings is 1. The van der Waals surface area contributed by atoms with Gasteiger partial charge in [-0.1, -0.05) is 25.5 Å². The number of nitrogens with zero attached hydrogens (tertiary/aromatic N) is 1. The topological polar surface area (TPSA) is 42.4 Å². The highest BCUT2D eigenvalue weighted by molar-refractivity contribution is 5.26. The van der Waals surface area contributed by atoms with Gasteiger partial charge < -0.3 is 9.84 Å². The number of aryl methyl sites for hydroxylation is 1. The Morgan fingerprint density at radius 2 is 1.93 bits per heavy atom. The Kier molecular flexibility index (Phi) is 5.04. The predicted molar refractivity (Wildman–Crippen MR) is 120 cm³/mol. The number of allylic oxidation sites excluding steroid dienone is 1. The summed E-state index contributed by atoms with van der Waals surface area (Å²) in [6.45, 7) is 9.40. The largest absolute Gasteiger partial charge is 0.489 e. The molecule has 0 spiro atoms. The van der Waals surface area contributed by atoms with Gasteiger partial charge in [-0.15, -0.1) is 0 Å². The van der Waals surface area contributed by atoms with Gasteiger partial charge in [0, 0.05) is 11.6 Å². The van der Waals surface area contributed by atoms with Crippen LogP contribution in [0, 0.1) is 41.4 Å². The first-order chi connectivity index (χ1) is 14.3. The van der Waals surface area contributed by atoms with E-state index in [2.05, 4.69) is 37.9 Å². The van der Waals surface area contributed by atoms with Crippen LogP contribution >= 0.6 is 0 Å². The standard InChI is InChI=1S/C27H39NO2/c1-17-5-7-21(16-28-17)30-18(2)23-9-10-24-22-8-6-19-15-20(29)11-13-26(19,3)25(22)12-14-27(23,24)4/h5-7,16,18,20,22-25,29H,8-15H2,1-4H3/t18-,20-,22-,23+,24-,25-,26-,27+/m0/s1. The predicted octanol–water partition coefficient (Wildman–Crippen LogP) is 6.10. The van der Waals surface area contributed by atoms with Crippen LogP contribution in [0.3, 0.4) is 0 Å². The van der Waals surface area contributed by atoms with Crippen molar-refractivity contribution in [2.24, 2.45) is 34.5 Å². The van der Waals surface area contributed by atoms with Crippen molar-refractivity contribution in [3.8, 4) is 5.75 Å². The van der Waals surface area contributed by atoms with Crippen LogP contribution < -0.4 is 4.74 Å². The molecule has 0 aromatic carbocycles. The van der Waals surface area contributed by atoms with E-state index in [4.69, 9.17) is 4.74 Å². The average Bonchev–Trinajstić information content (AvgIpc) is 3.07. The number of aliphatic hydroxyl groups excluding tert-OH is 1. The molecule has 4 aliphatic rings. The van der Waals surface area contributed by atoms with Crippen LogP contribution in [0.25, 0.3) is 0 Å². The molecule has 4 aliphatic carbocycles. The molecule has 0 radical (unpaired) electrons. The Balaban J connectivity index is 1.35. The first-order valence-electron chi connectivity index (χ1n) is 12.3. The normalized spacial score (nSPS) is 43.8. The lowest BCUT2D eigenvalue weighted by molar-refractivity contribution is -0.0643. The van der Waals surface area contributed by atoms with E-state index in [0.29, 0.717) is 16.7 Å². The second-order valence-electron chi connectivity index (χ2n) is 11.3. The second kappa shape index (κ2) is 7.36. The fourth-order valence-corrected chi connectivity index (χ4v) is 8.27. The molecule has 1 heterocycles. The fraction of sp³-hybridized carbons (Fsp3) is 0.741. The van der Waals surface area contributed by atoms with E-state index in [-0.39, 0.29) is 12.2 Å². The third-order valence-electron chi connectivity index (χ3n) is 9.92. The lowest BCUT2D eigenvalue weighted by Crippen LogP contribution is -2.51.